The summed E-state index contributed by atoms with van der Waals surface area (Å²) < 4.78 is 10.5. The Hall–Kier alpha value is -2.82. The first-order valence-corrected chi connectivity index (χ1v) is 8.97. The summed E-state index contributed by atoms with van der Waals surface area (Å²) >= 11 is 6.05. The fourth-order valence-electron chi connectivity index (χ4n) is 2.77. The first-order valence-electron chi connectivity index (χ1n) is 8.60. The molecule has 0 bridgehead atoms. The number of carbonyl (C=O) groups excluding carboxylic acids is 1. The molecule has 140 valence electrons. The number of anilines is 3. The maximum Gasteiger partial charge on any atom is 0.341 e. The lowest BCUT2D eigenvalue weighted by molar-refractivity contribution is 0.0527. The Morgan fingerprint density at radius 1 is 1.41 bits per heavy atom. The number of nitrogens with one attached hydrogen (secondary N) is 1. The summed E-state index contributed by atoms with van der Waals surface area (Å²) in [7, 11) is 0. The molecule has 2 heterocycles. The number of halogens is 1. The second-order valence-corrected chi connectivity index (χ2v) is 6.19. The first kappa shape index (κ1) is 19.0. The first-order chi connectivity index (χ1) is 13.1. The van der Waals surface area contributed by atoms with Crippen LogP contribution in [0, 0.1) is 11.3 Å². The Bertz CT molecular complexity index is 876. The number of hydrogen-bond acceptors (Lipinski definition) is 7. The molecule has 27 heavy (non-hydrogen) atoms. The molecule has 0 radical (unpaired) electrons. The van der Waals surface area contributed by atoms with Gasteiger partial charge in [-0.2, -0.15) is 5.26 Å². The lowest BCUT2D eigenvalue weighted by Crippen LogP contribution is -2.36. The molecular weight excluding hydrogens is 368 g/mol. The van der Waals surface area contributed by atoms with E-state index in [-0.39, 0.29) is 28.7 Å². The average molecular weight is 387 g/mol. The summed E-state index contributed by atoms with van der Waals surface area (Å²) in [5.74, 6) is -0.318. The molecule has 3 rings (SSSR count). The van der Waals surface area contributed by atoms with Crippen molar-refractivity contribution in [1.82, 2.24) is 4.98 Å². The van der Waals surface area contributed by atoms with Crippen LogP contribution in [-0.2, 0) is 9.47 Å². The van der Waals surface area contributed by atoms with Crippen LogP contribution in [-0.4, -0.2) is 43.9 Å². The van der Waals surface area contributed by atoms with Gasteiger partial charge in [-0.25, -0.2) is 9.78 Å². The van der Waals surface area contributed by atoms with Crippen molar-refractivity contribution in [2.24, 2.45) is 0 Å². The van der Waals surface area contributed by atoms with Crippen LogP contribution in [0.25, 0.3) is 0 Å². The maximum absolute atomic E-state index is 12.3. The monoisotopic (exact) mass is 386 g/mol. The predicted molar refractivity (Wildman–Crippen MR) is 103 cm³/mol. The van der Waals surface area contributed by atoms with Gasteiger partial charge < -0.3 is 19.7 Å². The number of nitrogens with zero attached hydrogens (tertiary/aromatic N) is 3. The van der Waals surface area contributed by atoms with Gasteiger partial charge in [-0.05, 0) is 31.2 Å². The predicted octanol–water partition coefficient (Wildman–Crippen LogP) is 3.36. The number of rotatable bonds is 5. The van der Waals surface area contributed by atoms with Gasteiger partial charge in [0, 0.05) is 24.5 Å². The minimum atomic E-state index is -0.565. The van der Waals surface area contributed by atoms with Gasteiger partial charge in [0.2, 0.25) is 0 Å². The minimum Gasteiger partial charge on any atom is -0.462 e. The summed E-state index contributed by atoms with van der Waals surface area (Å²) in [4.78, 5) is 18.7. The van der Waals surface area contributed by atoms with Crippen molar-refractivity contribution >= 4 is 34.8 Å². The molecule has 1 aromatic carbocycles. The third kappa shape index (κ3) is 4.48. The molecule has 1 N–H and O–H groups in total. The van der Waals surface area contributed by atoms with Gasteiger partial charge in [0.05, 0.1) is 25.4 Å². The van der Waals surface area contributed by atoms with Gasteiger partial charge in [0.1, 0.15) is 22.6 Å². The molecular formula is C19H19ClN4O3. The van der Waals surface area contributed by atoms with Gasteiger partial charge in [0.25, 0.3) is 0 Å². The molecule has 0 aliphatic carbocycles. The van der Waals surface area contributed by atoms with Crippen molar-refractivity contribution in [3.63, 3.8) is 0 Å². The van der Waals surface area contributed by atoms with Gasteiger partial charge in [0.15, 0.2) is 0 Å². The van der Waals surface area contributed by atoms with Gasteiger partial charge >= 0.3 is 5.97 Å². The number of esters is 1. The standard InChI is InChI=1S/C19H19ClN4O3/c1-2-27-19(25)16-10-13(12-21)17(20)23-18(16)22-14-4-3-5-15(11-14)24-6-8-26-9-7-24/h3-5,10-11H,2,6-9H2,1H3,(H,22,23). The number of carbonyl (C=O) groups is 1. The molecule has 2 aromatic rings. The molecule has 0 spiro atoms. The van der Waals surface area contributed by atoms with Gasteiger partial charge in [-0.3, -0.25) is 0 Å². The van der Waals surface area contributed by atoms with E-state index in [9.17, 15) is 4.79 Å². The van der Waals surface area contributed by atoms with Crippen LogP contribution in [0.3, 0.4) is 0 Å². The molecule has 1 aliphatic rings. The largest absolute Gasteiger partial charge is 0.462 e. The smallest absolute Gasteiger partial charge is 0.341 e. The normalized spacial score (nSPS) is 13.7. The Balaban J connectivity index is 1.91. The number of morpholine rings is 1. The highest BCUT2D eigenvalue weighted by molar-refractivity contribution is 6.30. The van der Waals surface area contributed by atoms with E-state index in [1.54, 1.807) is 6.92 Å². The van der Waals surface area contributed by atoms with Crippen LogP contribution in [0.5, 0.6) is 0 Å². The SMILES string of the molecule is CCOC(=O)c1cc(C#N)c(Cl)nc1Nc1cccc(N2CCOCC2)c1. The van der Waals surface area contributed by atoms with E-state index in [4.69, 9.17) is 26.3 Å². The third-order valence-corrected chi connectivity index (χ3v) is 4.37. The van der Waals surface area contributed by atoms with E-state index in [0.717, 1.165) is 24.5 Å². The minimum absolute atomic E-state index is 0.0254. The molecule has 0 unspecified atom stereocenters. The Kier molecular flexibility index (Phi) is 6.12. The van der Waals surface area contributed by atoms with Crippen LogP contribution < -0.4 is 10.2 Å². The van der Waals surface area contributed by atoms with Crippen molar-refractivity contribution in [2.45, 2.75) is 6.92 Å². The lowest BCUT2D eigenvalue weighted by Gasteiger charge is -2.29. The van der Waals surface area contributed by atoms with Crippen molar-refractivity contribution in [3.8, 4) is 6.07 Å². The zero-order valence-electron chi connectivity index (χ0n) is 14.9. The molecule has 7 nitrogen and oxygen atoms in total. The molecule has 1 saturated heterocycles. The summed E-state index contributed by atoms with van der Waals surface area (Å²) in [6.45, 7) is 4.95. The molecule has 1 fully saturated rings. The molecule has 8 heteroatoms. The quantitative estimate of drug-likeness (QED) is 0.622. The molecule has 1 aliphatic heterocycles. The van der Waals surface area contributed by atoms with E-state index >= 15 is 0 Å². The van der Waals surface area contributed by atoms with Gasteiger partial charge in [-0.1, -0.05) is 17.7 Å². The Morgan fingerprint density at radius 2 is 2.19 bits per heavy atom. The third-order valence-electron chi connectivity index (χ3n) is 4.08. The van der Waals surface area contributed by atoms with Crippen LogP contribution in [0.2, 0.25) is 5.15 Å². The van der Waals surface area contributed by atoms with E-state index < -0.39 is 5.97 Å². The summed E-state index contributed by atoms with van der Waals surface area (Å²) in [5, 5.41) is 12.3. The lowest BCUT2D eigenvalue weighted by atomic mass is 10.2. The number of aromatic nitrogens is 1. The van der Waals surface area contributed by atoms with Crippen molar-refractivity contribution in [2.75, 3.05) is 43.1 Å². The van der Waals surface area contributed by atoms with Crippen molar-refractivity contribution in [3.05, 3.63) is 46.6 Å². The number of ether oxygens (including phenoxy) is 2. The fraction of sp³-hybridized carbons (Fsp3) is 0.316. The summed E-state index contributed by atoms with van der Waals surface area (Å²) in [6, 6.07) is 11.1. The van der Waals surface area contributed by atoms with Crippen LogP contribution in [0.1, 0.15) is 22.8 Å². The van der Waals surface area contributed by atoms with Crippen molar-refractivity contribution in [1.29, 1.82) is 5.26 Å². The highest BCUT2D eigenvalue weighted by Gasteiger charge is 2.19. The topological polar surface area (TPSA) is 87.5 Å². The molecule has 0 saturated carbocycles. The van der Waals surface area contributed by atoms with E-state index in [0.29, 0.717) is 13.2 Å². The van der Waals surface area contributed by atoms with Gasteiger partial charge in [-0.15, -0.1) is 0 Å². The van der Waals surface area contributed by atoms with Crippen LogP contribution in [0.4, 0.5) is 17.2 Å². The second-order valence-electron chi connectivity index (χ2n) is 5.83. The van der Waals surface area contributed by atoms with E-state index in [1.165, 1.54) is 6.07 Å². The van der Waals surface area contributed by atoms with Crippen LogP contribution in [0.15, 0.2) is 30.3 Å². The zero-order chi connectivity index (χ0) is 19.2. The average Bonchev–Trinajstić information content (AvgIpc) is 2.69. The molecule has 1 aromatic heterocycles. The van der Waals surface area contributed by atoms with Crippen molar-refractivity contribution < 1.29 is 14.3 Å². The fourth-order valence-corrected chi connectivity index (χ4v) is 2.95. The summed E-state index contributed by atoms with van der Waals surface area (Å²) in [6.07, 6.45) is 0. The van der Waals surface area contributed by atoms with E-state index in [2.05, 4.69) is 15.2 Å². The number of nitriles is 1. The molecule has 0 atom stereocenters. The Morgan fingerprint density at radius 3 is 2.89 bits per heavy atom. The number of pyridine rings is 1. The Labute approximate surface area is 162 Å². The number of benzene rings is 1. The second kappa shape index (κ2) is 8.71. The number of hydrogen-bond donors (Lipinski definition) is 1. The molecule has 0 amide bonds. The summed E-state index contributed by atoms with van der Waals surface area (Å²) in [5.41, 5.74) is 2.07. The highest BCUT2D eigenvalue weighted by Crippen LogP contribution is 2.27. The zero-order valence-corrected chi connectivity index (χ0v) is 15.6. The van der Waals surface area contributed by atoms with Crippen LogP contribution >= 0.6 is 11.6 Å². The maximum atomic E-state index is 12.3. The highest BCUT2D eigenvalue weighted by atomic mass is 35.5. The van der Waals surface area contributed by atoms with E-state index in [1.807, 2.05) is 30.3 Å².